The van der Waals surface area contributed by atoms with Gasteiger partial charge in [0.25, 0.3) is 0 Å². The number of aryl methyl sites for hydroxylation is 1. The van der Waals surface area contributed by atoms with Crippen LogP contribution in [0.1, 0.15) is 31.2 Å². The van der Waals surface area contributed by atoms with Gasteiger partial charge in [-0.25, -0.2) is 8.84 Å². The van der Waals surface area contributed by atoms with Crippen molar-refractivity contribution in [2.24, 2.45) is 0 Å². The second-order valence-electron chi connectivity index (χ2n) is 6.11. The molecule has 1 aliphatic rings. The molecule has 3 rings (SSSR count). The van der Waals surface area contributed by atoms with Crippen LogP contribution in [0, 0.1) is 6.92 Å². The van der Waals surface area contributed by atoms with Crippen LogP contribution in [0.5, 0.6) is 0 Å². The molecule has 1 saturated carbocycles. The van der Waals surface area contributed by atoms with Gasteiger partial charge in [-0.05, 0) is 60.4 Å². The first-order chi connectivity index (χ1) is 11.4. The summed E-state index contributed by atoms with van der Waals surface area (Å²) in [6, 6.07) is 0. The molecule has 5 nitrogen and oxygen atoms in total. The van der Waals surface area contributed by atoms with Crippen molar-refractivity contribution < 1.29 is 4.39 Å². The largest absolute Gasteiger partial charge is 0.396 e. The molecule has 1 aliphatic carbocycles. The van der Waals surface area contributed by atoms with Gasteiger partial charge in [0.2, 0.25) is 0 Å². The summed E-state index contributed by atoms with van der Waals surface area (Å²) in [5.74, 6) is 0. The van der Waals surface area contributed by atoms with Crippen molar-refractivity contribution in [1.29, 1.82) is 0 Å². The Labute approximate surface area is 154 Å². The highest BCUT2D eigenvalue weighted by Crippen LogP contribution is 2.40. The molecule has 0 aliphatic heterocycles. The lowest BCUT2D eigenvalue weighted by atomic mass is 10.1. The zero-order chi connectivity index (χ0) is 17.5. The van der Waals surface area contributed by atoms with Gasteiger partial charge in [-0.3, -0.25) is 4.68 Å². The number of aromatic nitrogens is 4. The summed E-state index contributed by atoms with van der Waals surface area (Å²) in [5.41, 5.74) is 7.77. The van der Waals surface area contributed by atoms with Gasteiger partial charge < -0.3 is 5.73 Å². The van der Waals surface area contributed by atoms with Gasteiger partial charge >= 0.3 is 0 Å². The maximum absolute atomic E-state index is 14.2. The maximum atomic E-state index is 14.2. The molecule has 2 heterocycles. The lowest BCUT2D eigenvalue weighted by molar-refractivity contribution is 0.258. The van der Waals surface area contributed by atoms with Gasteiger partial charge in [-0.1, -0.05) is 12.7 Å². The van der Waals surface area contributed by atoms with Crippen LogP contribution in [0.3, 0.4) is 0 Å². The zero-order valence-electron chi connectivity index (χ0n) is 13.7. The van der Waals surface area contributed by atoms with Crippen LogP contribution in [0.15, 0.2) is 12.8 Å². The molecule has 1 unspecified atom stereocenters. The van der Waals surface area contributed by atoms with Crippen LogP contribution in [-0.4, -0.2) is 25.0 Å². The molecule has 24 heavy (non-hydrogen) atoms. The molecule has 0 aromatic carbocycles. The molecule has 0 spiro atoms. The van der Waals surface area contributed by atoms with E-state index in [0.29, 0.717) is 36.2 Å². The SMILES string of the molecule is C=C(/C=c1\c(=C/C)c(C)nn1CC1(F)CC1)c1nn(PI)cc1N. The first-order valence-electron chi connectivity index (χ1n) is 7.68. The monoisotopic (exact) mass is 459 g/mol. The summed E-state index contributed by atoms with van der Waals surface area (Å²) >= 11 is 2.24. The Balaban J connectivity index is 2.08. The minimum Gasteiger partial charge on any atom is -0.396 e. The molecule has 0 bridgehead atoms. The molecule has 0 amide bonds. The third kappa shape index (κ3) is 3.42. The Morgan fingerprint density at radius 1 is 1.54 bits per heavy atom. The third-order valence-corrected chi connectivity index (χ3v) is 6.06. The van der Waals surface area contributed by atoms with E-state index in [0.717, 1.165) is 16.3 Å². The van der Waals surface area contributed by atoms with Crippen molar-refractivity contribution in [2.45, 2.75) is 38.9 Å². The minimum absolute atomic E-state index is 0.278. The van der Waals surface area contributed by atoms with Crippen LogP contribution in [0.2, 0.25) is 0 Å². The third-order valence-electron chi connectivity index (χ3n) is 4.17. The van der Waals surface area contributed by atoms with Crippen molar-refractivity contribution in [3.8, 4) is 0 Å². The fourth-order valence-corrected chi connectivity index (χ4v) is 3.79. The number of hydrogen-bond acceptors (Lipinski definition) is 3. The average Bonchev–Trinajstić information content (AvgIpc) is 3.01. The van der Waals surface area contributed by atoms with Crippen molar-refractivity contribution in [2.75, 3.05) is 5.73 Å². The number of rotatable bonds is 5. The van der Waals surface area contributed by atoms with E-state index >= 15 is 0 Å². The topological polar surface area (TPSA) is 61.7 Å². The molecule has 128 valence electrons. The van der Waals surface area contributed by atoms with Crippen LogP contribution >= 0.6 is 28.4 Å². The summed E-state index contributed by atoms with van der Waals surface area (Å²) in [4.78, 5) is 0. The van der Waals surface area contributed by atoms with Crippen LogP contribution in [-0.2, 0) is 6.54 Å². The van der Waals surface area contributed by atoms with E-state index in [1.807, 2.05) is 26.0 Å². The van der Waals surface area contributed by atoms with E-state index in [-0.39, 0.29) is 6.54 Å². The van der Waals surface area contributed by atoms with Gasteiger partial charge in [-0.15, -0.1) is 0 Å². The number of nitrogens with zero attached hydrogens (tertiary/aromatic N) is 4. The highest BCUT2D eigenvalue weighted by Gasteiger charge is 2.44. The summed E-state index contributed by atoms with van der Waals surface area (Å²) in [6.07, 6.45) is 7.37. The number of nitrogens with two attached hydrogens (primary N) is 1. The molecule has 2 aromatic rings. The second kappa shape index (κ2) is 6.59. The van der Waals surface area contributed by atoms with Gasteiger partial charge in [0.05, 0.1) is 35.8 Å². The Bertz CT molecular complexity index is 910. The number of hydrogen-bond donors (Lipinski definition) is 1. The smallest absolute Gasteiger partial charge is 0.130 e. The fraction of sp³-hybridized carbons (Fsp3) is 0.375. The van der Waals surface area contributed by atoms with Gasteiger partial charge in [0.1, 0.15) is 11.4 Å². The lowest BCUT2D eigenvalue weighted by Gasteiger charge is -2.06. The summed E-state index contributed by atoms with van der Waals surface area (Å²) < 4.78 is 17.8. The molecule has 8 heteroatoms. The Hall–Kier alpha value is -1.21. The van der Waals surface area contributed by atoms with Gasteiger partial charge in [0, 0.05) is 5.22 Å². The quantitative estimate of drug-likeness (QED) is 0.553. The van der Waals surface area contributed by atoms with Crippen LogP contribution in [0.25, 0.3) is 17.7 Å². The Morgan fingerprint density at radius 3 is 2.79 bits per heavy atom. The highest BCUT2D eigenvalue weighted by atomic mass is 127. The van der Waals surface area contributed by atoms with E-state index in [9.17, 15) is 4.39 Å². The summed E-state index contributed by atoms with van der Waals surface area (Å²) in [7, 11) is 0. The Kier molecular flexibility index (Phi) is 4.84. The van der Waals surface area contributed by atoms with Crippen molar-refractivity contribution in [3.05, 3.63) is 34.7 Å². The molecule has 2 N–H and O–H groups in total. The maximum Gasteiger partial charge on any atom is 0.130 e. The van der Waals surface area contributed by atoms with E-state index in [4.69, 9.17) is 5.73 Å². The highest BCUT2D eigenvalue weighted by molar-refractivity contribution is 14.2. The van der Waals surface area contributed by atoms with Gasteiger partial charge in [0.15, 0.2) is 0 Å². The van der Waals surface area contributed by atoms with E-state index in [2.05, 4.69) is 38.8 Å². The molecule has 1 atom stereocenters. The Morgan fingerprint density at radius 2 is 2.25 bits per heavy atom. The van der Waals surface area contributed by atoms with E-state index in [1.165, 1.54) is 0 Å². The van der Waals surface area contributed by atoms with Crippen LogP contribution in [0.4, 0.5) is 10.1 Å². The lowest BCUT2D eigenvalue weighted by Crippen LogP contribution is -2.33. The normalized spacial score (nSPS) is 18.0. The first kappa shape index (κ1) is 17.6. The number of nitrogen functional groups attached to an aromatic ring is 1. The second-order valence-corrected chi connectivity index (χ2v) is 8.19. The molecular formula is C16H20FIN5P. The molecular weight excluding hydrogens is 439 g/mol. The molecule has 0 saturated heterocycles. The first-order valence-corrected chi connectivity index (χ1v) is 11.7. The fourth-order valence-electron chi connectivity index (χ4n) is 2.72. The number of alkyl halides is 1. The van der Waals surface area contributed by atoms with E-state index in [1.54, 1.807) is 15.3 Å². The summed E-state index contributed by atoms with van der Waals surface area (Å²) in [5, 5.41) is 10.8. The predicted molar refractivity (Wildman–Crippen MR) is 107 cm³/mol. The minimum atomic E-state index is -1.11. The average molecular weight is 459 g/mol. The number of allylic oxidation sites excluding steroid dienone is 1. The van der Waals surface area contributed by atoms with Crippen molar-refractivity contribution >= 4 is 51.8 Å². The predicted octanol–water partition coefficient (Wildman–Crippen LogP) is 2.56. The van der Waals surface area contributed by atoms with Crippen LogP contribution < -0.4 is 16.3 Å². The molecule has 2 aromatic heterocycles. The van der Waals surface area contributed by atoms with Crippen molar-refractivity contribution in [1.82, 2.24) is 19.3 Å². The number of halogens is 2. The molecule has 0 radical (unpaired) electrons. The van der Waals surface area contributed by atoms with Gasteiger partial charge in [-0.2, -0.15) is 10.2 Å². The van der Waals surface area contributed by atoms with Crippen molar-refractivity contribution in [3.63, 3.8) is 0 Å². The standard InChI is InChI=1S/C16H20FIN5P/c1-4-12-11(3)20-22(9-16(17)5-6-16)14(12)7-10(2)15-13(19)8-23(21-15)24-18/h4,7-8,24H,2,5-6,9,19H2,1,3H3/b12-4-,14-7+. The molecule has 1 fully saturated rings. The zero-order valence-corrected chi connectivity index (χ0v) is 16.8. The summed E-state index contributed by atoms with van der Waals surface area (Å²) in [6.45, 7) is 8.27. The van der Waals surface area contributed by atoms with E-state index < -0.39 is 5.67 Å². The number of anilines is 1.